The van der Waals surface area contributed by atoms with Gasteiger partial charge in [0.25, 0.3) is 5.91 Å². The van der Waals surface area contributed by atoms with E-state index in [4.69, 9.17) is 14.2 Å². The van der Waals surface area contributed by atoms with Crippen molar-refractivity contribution in [1.29, 1.82) is 0 Å². The van der Waals surface area contributed by atoms with E-state index in [0.29, 0.717) is 61.0 Å². The summed E-state index contributed by atoms with van der Waals surface area (Å²) in [5.74, 6) is 2.04. The molecule has 4 rings (SSSR count). The SMILES string of the molecule is COc1cc(C(=O)N2CCOCC2)ccc1Nc1ncc(C2CCC2)c(OC)n1. The average molecular weight is 398 g/mol. The lowest BCUT2D eigenvalue weighted by Crippen LogP contribution is -2.40. The van der Waals surface area contributed by atoms with Gasteiger partial charge in [-0.1, -0.05) is 6.42 Å². The number of carbonyl (C=O) groups excluding carboxylic acids is 1. The number of hydrogen-bond donors (Lipinski definition) is 1. The predicted octanol–water partition coefficient (Wildman–Crippen LogP) is 2.98. The topological polar surface area (TPSA) is 85.8 Å². The standard InChI is InChI=1S/C21H26N4O4/c1-27-18-12-15(20(26)25-8-10-29-11-9-25)6-7-17(18)23-21-22-13-16(14-4-3-5-14)19(24-21)28-2/h6-7,12-14H,3-5,8-11H2,1-2H3,(H,22,23,24). The lowest BCUT2D eigenvalue weighted by molar-refractivity contribution is 0.0302. The molecule has 8 heteroatoms. The van der Waals surface area contributed by atoms with Crippen LogP contribution in [0.1, 0.15) is 41.1 Å². The van der Waals surface area contributed by atoms with Crippen molar-refractivity contribution in [2.45, 2.75) is 25.2 Å². The molecular formula is C21H26N4O4. The molecule has 0 bridgehead atoms. The first-order chi connectivity index (χ1) is 14.2. The number of rotatable bonds is 6. The normalized spacial score (nSPS) is 16.8. The van der Waals surface area contributed by atoms with Crippen LogP contribution in [0.3, 0.4) is 0 Å². The molecule has 1 aliphatic heterocycles. The zero-order valence-corrected chi connectivity index (χ0v) is 16.8. The van der Waals surface area contributed by atoms with E-state index >= 15 is 0 Å². The molecule has 8 nitrogen and oxygen atoms in total. The van der Waals surface area contributed by atoms with Crippen molar-refractivity contribution in [3.05, 3.63) is 35.5 Å². The number of morpholine rings is 1. The van der Waals surface area contributed by atoms with Crippen LogP contribution in [0.15, 0.2) is 24.4 Å². The third-order valence-electron chi connectivity index (χ3n) is 5.51. The Bertz CT molecular complexity index is 879. The second kappa shape index (κ2) is 8.65. The van der Waals surface area contributed by atoms with Gasteiger partial charge in [-0.05, 0) is 37.0 Å². The van der Waals surface area contributed by atoms with Crippen LogP contribution < -0.4 is 14.8 Å². The highest BCUT2D eigenvalue weighted by Gasteiger charge is 2.25. The smallest absolute Gasteiger partial charge is 0.254 e. The first-order valence-corrected chi connectivity index (χ1v) is 9.92. The Kier molecular flexibility index (Phi) is 5.80. The molecule has 0 spiro atoms. The summed E-state index contributed by atoms with van der Waals surface area (Å²) in [5.41, 5.74) is 2.32. The molecule has 0 atom stereocenters. The van der Waals surface area contributed by atoms with Gasteiger partial charge in [-0.15, -0.1) is 0 Å². The maximum absolute atomic E-state index is 12.7. The van der Waals surface area contributed by atoms with Gasteiger partial charge in [0.1, 0.15) is 5.75 Å². The number of nitrogens with zero attached hydrogens (tertiary/aromatic N) is 3. The molecule has 0 radical (unpaired) electrons. The van der Waals surface area contributed by atoms with Crippen molar-refractivity contribution >= 4 is 17.5 Å². The number of nitrogens with one attached hydrogen (secondary N) is 1. The molecule has 1 aromatic carbocycles. The Labute approximate surface area is 170 Å². The fraction of sp³-hybridized carbons (Fsp3) is 0.476. The van der Waals surface area contributed by atoms with Gasteiger partial charge in [0, 0.05) is 30.4 Å². The number of methoxy groups -OCH3 is 2. The number of carbonyl (C=O) groups is 1. The van der Waals surface area contributed by atoms with E-state index in [9.17, 15) is 4.79 Å². The largest absolute Gasteiger partial charge is 0.495 e. The molecule has 2 aliphatic rings. The highest BCUT2D eigenvalue weighted by Crippen LogP contribution is 2.40. The number of benzene rings is 1. The average Bonchev–Trinajstić information content (AvgIpc) is 2.74. The van der Waals surface area contributed by atoms with Crippen LogP contribution in [0.5, 0.6) is 11.6 Å². The molecule has 1 aliphatic carbocycles. The first-order valence-electron chi connectivity index (χ1n) is 9.92. The Morgan fingerprint density at radius 2 is 2.00 bits per heavy atom. The van der Waals surface area contributed by atoms with Gasteiger partial charge >= 0.3 is 0 Å². The maximum atomic E-state index is 12.7. The zero-order valence-electron chi connectivity index (χ0n) is 16.8. The van der Waals surface area contributed by atoms with Crippen LogP contribution >= 0.6 is 0 Å². The Morgan fingerprint density at radius 1 is 1.21 bits per heavy atom. The van der Waals surface area contributed by atoms with Gasteiger partial charge in [-0.3, -0.25) is 4.79 Å². The van der Waals surface area contributed by atoms with Crippen LogP contribution in [-0.2, 0) is 4.74 Å². The molecule has 0 unspecified atom stereocenters. The molecule has 1 aromatic heterocycles. The Hall–Kier alpha value is -2.87. The van der Waals surface area contributed by atoms with E-state index in [1.54, 1.807) is 31.3 Å². The molecule has 1 saturated carbocycles. The van der Waals surface area contributed by atoms with Crippen LogP contribution in [-0.4, -0.2) is 61.3 Å². The number of amides is 1. The van der Waals surface area contributed by atoms with E-state index in [1.807, 2.05) is 12.3 Å². The lowest BCUT2D eigenvalue weighted by atomic mass is 9.81. The van der Waals surface area contributed by atoms with E-state index in [0.717, 1.165) is 18.4 Å². The summed E-state index contributed by atoms with van der Waals surface area (Å²) in [6.07, 6.45) is 5.37. The van der Waals surface area contributed by atoms with Gasteiger partial charge < -0.3 is 24.4 Å². The number of ether oxygens (including phenoxy) is 3. The Balaban J connectivity index is 1.53. The summed E-state index contributed by atoms with van der Waals surface area (Å²) in [5, 5.41) is 3.17. The maximum Gasteiger partial charge on any atom is 0.254 e. The minimum absolute atomic E-state index is 0.0269. The molecule has 1 N–H and O–H groups in total. The van der Waals surface area contributed by atoms with E-state index in [2.05, 4.69) is 15.3 Å². The van der Waals surface area contributed by atoms with Crippen molar-refractivity contribution in [3.63, 3.8) is 0 Å². The minimum atomic E-state index is -0.0269. The molecule has 154 valence electrons. The van der Waals surface area contributed by atoms with Crippen LogP contribution in [0.4, 0.5) is 11.6 Å². The number of aromatic nitrogens is 2. The first kappa shape index (κ1) is 19.4. The minimum Gasteiger partial charge on any atom is -0.495 e. The summed E-state index contributed by atoms with van der Waals surface area (Å²) in [6.45, 7) is 2.33. The zero-order chi connectivity index (χ0) is 20.2. The van der Waals surface area contributed by atoms with E-state index in [1.165, 1.54) is 6.42 Å². The summed E-state index contributed by atoms with van der Waals surface area (Å²) in [6, 6.07) is 5.32. The molecule has 1 amide bonds. The predicted molar refractivity (Wildman–Crippen MR) is 108 cm³/mol. The summed E-state index contributed by atoms with van der Waals surface area (Å²) in [7, 11) is 3.20. The van der Waals surface area contributed by atoms with Crippen molar-refractivity contribution in [1.82, 2.24) is 14.9 Å². The van der Waals surface area contributed by atoms with Crippen molar-refractivity contribution in [2.75, 3.05) is 45.8 Å². The fourth-order valence-corrected chi connectivity index (χ4v) is 3.60. The van der Waals surface area contributed by atoms with Gasteiger partial charge in [-0.25, -0.2) is 4.98 Å². The van der Waals surface area contributed by atoms with Gasteiger partial charge in [0.05, 0.1) is 33.1 Å². The summed E-state index contributed by atoms with van der Waals surface area (Å²) < 4.78 is 16.3. The molecule has 2 fully saturated rings. The molecule has 2 aromatic rings. The number of anilines is 2. The van der Waals surface area contributed by atoms with Crippen LogP contribution in [0.25, 0.3) is 0 Å². The van der Waals surface area contributed by atoms with Crippen molar-refractivity contribution < 1.29 is 19.0 Å². The van der Waals surface area contributed by atoms with Gasteiger partial charge in [0.2, 0.25) is 11.8 Å². The molecule has 2 heterocycles. The summed E-state index contributed by atoms with van der Waals surface area (Å²) in [4.78, 5) is 23.5. The fourth-order valence-electron chi connectivity index (χ4n) is 3.60. The van der Waals surface area contributed by atoms with E-state index in [-0.39, 0.29) is 5.91 Å². The highest BCUT2D eigenvalue weighted by atomic mass is 16.5. The third kappa shape index (κ3) is 4.12. The van der Waals surface area contributed by atoms with Crippen molar-refractivity contribution in [3.8, 4) is 11.6 Å². The lowest BCUT2D eigenvalue weighted by Gasteiger charge is -2.27. The highest BCUT2D eigenvalue weighted by molar-refractivity contribution is 5.95. The molecular weight excluding hydrogens is 372 g/mol. The van der Waals surface area contributed by atoms with Crippen LogP contribution in [0.2, 0.25) is 0 Å². The molecule has 29 heavy (non-hydrogen) atoms. The van der Waals surface area contributed by atoms with Gasteiger partial charge in [0.15, 0.2) is 0 Å². The monoisotopic (exact) mass is 398 g/mol. The second-order valence-corrected chi connectivity index (χ2v) is 7.23. The molecule has 1 saturated heterocycles. The van der Waals surface area contributed by atoms with Crippen molar-refractivity contribution in [2.24, 2.45) is 0 Å². The van der Waals surface area contributed by atoms with Crippen LogP contribution in [0, 0.1) is 0 Å². The quantitative estimate of drug-likeness (QED) is 0.800. The summed E-state index contributed by atoms with van der Waals surface area (Å²) >= 11 is 0. The van der Waals surface area contributed by atoms with Gasteiger partial charge in [-0.2, -0.15) is 4.98 Å². The second-order valence-electron chi connectivity index (χ2n) is 7.23. The number of hydrogen-bond acceptors (Lipinski definition) is 7. The Morgan fingerprint density at radius 3 is 2.66 bits per heavy atom. The van der Waals surface area contributed by atoms with E-state index < -0.39 is 0 Å². The third-order valence-corrected chi connectivity index (χ3v) is 5.51.